The number of aromatic nitrogens is 2. The molecule has 2 amide bonds. The zero-order valence-corrected chi connectivity index (χ0v) is 17.4. The third-order valence-corrected chi connectivity index (χ3v) is 5.98. The molecule has 28 heavy (non-hydrogen) atoms. The molecular weight excluding hydrogens is 392 g/mol. The Morgan fingerprint density at radius 2 is 1.79 bits per heavy atom. The molecule has 0 unspecified atom stereocenters. The standard InChI is InChI=1S/C20H20N4O2S2/c1-12-8-9-14(3)16(10-12)21-17(25)11-27-20-24-23-19(28-20)22-18(26)15-7-5-4-6-13(15)2/h4-10H,11H2,1-3H3,(H,21,25)(H,22,23,26). The first-order chi connectivity index (χ1) is 13.4. The molecule has 2 aromatic carbocycles. The number of rotatable bonds is 6. The Hall–Kier alpha value is -2.71. The van der Waals surface area contributed by atoms with Crippen molar-refractivity contribution in [1.82, 2.24) is 10.2 Å². The minimum Gasteiger partial charge on any atom is -0.325 e. The van der Waals surface area contributed by atoms with E-state index >= 15 is 0 Å². The number of carbonyl (C=O) groups is 2. The normalized spacial score (nSPS) is 10.5. The van der Waals surface area contributed by atoms with Crippen molar-refractivity contribution < 1.29 is 9.59 Å². The SMILES string of the molecule is Cc1ccc(C)c(NC(=O)CSc2nnc(NC(=O)c3ccccc3C)s2)c1. The lowest BCUT2D eigenvalue weighted by Crippen LogP contribution is -2.14. The zero-order chi connectivity index (χ0) is 20.1. The predicted molar refractivity (Wildman–Crippen MR) is 114 cm³/mol. The van der Waals surface area contributed by atoms with Crippen LogP contribution < -0.4 is 10.6 Å². The minimum atomic E-state index is -0.224. The molecule has 0 fully saturated rings. The number of nitrogens with zero attached hydrogens (tertiary/aromatic N) is 2. The van der Waals surface area contributed by atoms with Crippen LogP contribution in [0.3, 0.4) is 0 Å². The number of benzene rings is 2. The van der Waals surface area contributed by atoms with E-state index in [4.69, 9.17) is 0 Å². The van der Waals surface area contributed by atoms with Crippen LogP contribution in [0.5, 0.6) is 0 Å². The number of aryl methyl sites for hydroxylation is 3. The molecule has 0 aliphatic carbocycles. The highest BCUT2D eigenvalue weighted by molar-refractivity contribution is 8.01. The first-order valence-electron chi connectivity index (χ1n) is 8.63. The number of hydrogen-bond donors (Lipinski definition) is 2. The molecule has 0 saturated carbocycles. The van der Waals surface area contributed by atoms with Crippen LogP contribution in [0.15, 0.2) is 46.8 Å². The summed E-state index contributed by atoms with van der Waals surface area (Å²) in [6.07, 6.45) is 0. The average Bonchev–Trinajstić information content (AvgIpc) is 3.10. The molecule has 0 atom stereocenters. The summed E-state index contributed by atoms with van der Waals surface area (Å²) in [4.78, 5) is 24.5. The Kier molecular flexibility index (Phi) is 6.43. The summed E-state index contributed by atoms with van der Waals surface area (Å²) in [6.45, 7) is 5.82. The third kappa shape index (κ3) is 5.17. The van der Waals surface area contributed by atoms with E-state index in [1.807, 2.05) is 57.2 Å². The number of anilines is 2. The summed E-state index contributed by atoms with van der Waals surface area (Å²) >= 11 is 2.53. The van der Waals surface area contributed by atoms with Crippen LogP contribution >= 0.6 is 23.1 Å². The summed E-state index contributed by atoms with van der Waals surface area (Å²) in [5, 5.41) is 14.1. The number of thioether (sulfide) groups is 1. The van der Waals surface area contributed by atoms with Crippen molar-refractivity contribution in [3.8, 4) is 0 Å². The number of carbonyl (C=O) groups excluding carboxylic acids is 2. The van der Waals surface area contributed by atoms with Crippen LogP contribution in [0.4, 0.5) is 10.8 Å². The summed E-state index contributed by atoms with van der Waals surface area (Å²) in [5.74, 6) is -0.119. The Bertz CT molecular complexity index is 1020. The molecule has 0 aliphatic rings. The molecule has 3 aromatic rings. The van der Waals surface area contributed by atoms with Gasteiger partial charge in [-0.1, -0.05) is 53.4 Å². The first kappa shape index (κ1) is 20.0. The molecule has 144 valence electrons. The molecular formula is C20H20N4O2S2. The van der Waals surface area contributed by atoms with Gasteiger partial charge in [0.2, 0.25) is 11.0 Å². The van der Waals surface area contributed by atoms with Crippen LogP contribution in [0.25, 0.3) is 0 Å². The highest BCUT2D eigenvalue weighted by Crippen LogP contribution is 2.26. The molecule has 0 bridgehead atoms. The summed E-state index contributed by atoms with van der Waals surface area (Å²) in [6, 6.07) is 13.3. The topological polar surface area (TPSA) is 84.0 Å². The number of amides is 2. The number of nitrogens with one attached hydrogen (secondary N) is 2. The molecule has 1 aromatic heterocycles. The molecule has 3 rings (SSSR count). The minimum absolute atomic E-state index is 0.112. The van der Waals surface area contributed by atoms with Gasteiger partial charge in [-0.05, 0) is 49.6 Å². The van der Waals surface area contributed by atoms with Gasteiger partial charge in [0, 0.05) is 11.3 Å². The third-order valence-electron chi connectivity index (χ3n) is 4.01. The fraction of sp³-hybridized carbons (Fsp3) is 0.200. The van der Waals surface area contributed by atoms with Gasteiger partial charge in [-0.2, -0.15) is 0 Å². The molecule has 0 saturated heterocycles. The molecule has 0 spiro atoms. The lowest BCUT2D eigenvalue weighted by atomic mass is 10.1. The average molecular weight is 413 g/mol. The Morgan fingerprint density at radius 3 is 2.57 bits per heavy atom. The highest BCUT2D eigenvalue weighted by atomic mass is 32.2. The molecule has 0 aliphatic heterocycles. The second-order valence-electron chi connectivity index (χ2n) is 6.30. The van der Waals surface area contributed by atoms with Gasteiger partial charge in [0.1, 0.15) is 0 Å². The van der Waals surface area contributed by atoms with Crippen LogP contribution in [-0.4, -0.2) is 27.8 Å². The number of hydrogen-bond acceptors (Lipinski definition) is 6. The van der Waals surface area contributed by atoms with E-state index in [9.17, 15) is 9.59 Å². The van der Waals surface area contributed by atoms with Gasteiger partial charge < -0.3 is 5.32 Å². The predicted octanol–water partition coefficient (Wildman–Crippen LogP) is 4.45. The summed E-state index contributed by atoms with van der Waals surface area (Å²) in [5.41, 5.74) is 4.41. The van der Waals surface area contributed by atoms with E-state index in [2.05, 4.69) is 20.8 Å². The van der Waals surface area contributed by atoms with Gasteiger partial charge in [0.25, 0.3) is 5.91 Å². The smallest absolute Gasteiger partial charge is 0.257 e. The van der Waals surface area contributed by atoms with E-state index in [-0.39, 0.29) is 17.6 Å². The van der Waals surface area contributed by atoms with Crippen molar-refractivity contribution in [2.24, 2.45) is 0 Å². The van der Waals surface area contributed by atoms with Gasteiger partial charge >= 0.3 is 0 Å². The van der Waals surface area contributed by atoms with E-state index in [0.29, 0.717) is 15.0 Å². The quantitative estimate of drug-likeness (QED) is 0.462. The van der Waals surface area contributed by atoms with Crippen molar-refractivity contribution in [3.63, 3.8) is 0 Å². The first-order valence-corrected chi connectivity index (χ1v) is 10.4. The van der Waals surface area contributed by atoms with E-state index < -0.39 is 0 Å². The molecule has 6 nitrogen and oxygen atoms in total. The van der Waals surface area contributed by atoms with Gasteiger partial charge in [-0.15, -0.1) is 10.2 Å². The highest BCUT2D eigenvalue weighted by Gasteiger charge is 2.13. The Morgan fingerprint density at radius 1 is 1.00 bits per heavy atom. The van der Waals surface area contributed by atoms with Gasteiger partial charge in [0.05, 0.1) is 5.75 Å². The van der Waals surface area contributed by atoms with E-state index in [0.717, 1.165) is 22.4 Å². The van der Waals surface area contributed by atoms with Crippen LogP contribution in [0.2, 0.25) is 0 Å². The lowest BCUT2D eigenvalue weighted by Gasteiger charge is -2.08. The summed E-state index contributed by atoms with van der Waals surface area (Å²) in [7, 11) is 0. The maximum absolute atomic E-state index is 12.3. The molecule has 2 N–H and O–H groups in total. The van der Waals surface area contributed by atoms with Crippen molar-refractivity contribution in [3.05, 3.63) is 64.7 Å². The lowest BCUT2D eigenvalue weighted by molar-refractivity contribution is -0.113. The fourth-order valence-electron chi connectivity index (χ4n) is 2.49. The van der Waals surface area contributed by atoms with Crippen LogP contribution in [0, 0.1) is 20.8 Å². The van der Waals surface area contributed by atoms with Crippen LogP contribution in [-0.2, 0) is 4.79 Å². The second-order valence-corrected chi connectivity index (χ2v) is 8.50. The maximum atomic E-state index is 12.3. The largest absolute Gasteiger partial charge is 0.325 e. The van der Waals surface area contributed by atoms with Crippen LogP contribution in [0.1, 0.15) is 27.0 Å². The Balaban J connectivity index is 1.54. The van der Waals surface area contributed by atoms with E-state index in [1.165, 1.54) is 23.1 Å². The maximum Gasteiger partial charge on any atom is 0.257 e. The summed E-state index contributed by atoms with van der Waals surface area (Å²) < 4.78 is 0.621. The van der Waals surface area contributed by atoms with Crippen molar-refractivity contribution in [1.29, 1.82) is 0 Å². The van der Waals surface area contributed by atoms with Gasteiger partial charge in [-0.3, -0.25) is 14.9 Å². The van der Waals surface area contributed by atoms with Crippen molar-refractivity contribution >= 4 is 45.7 Å². The monoisotopic (exact) mass is 412 g/mol. The Labute approximate surface area is 171 Å². The fourth-order valence-corrected chi connectivity index (χ4v) is 4.04. The second kappa shape index (κ2) is 8.99. The zero-order valence-electron chi connectivity index (χ0n) is 15.8. The molecule has 8 heteroatoms. The molecule has 1 heterocycles. The van der Waals surface area contributed by atoms with Gasteiger partial charge in [0.15, 0.2) is 4.34 Å². The van der Waals surface area contributed by atoms with Gasteiger partial charge in [-0.25, -0.2) is 0 Å². The van der Waals surface area contributed by atoms with Crippen molar-refractivity contribution in [2.75, 3.05) is 16.4 Å². The molecule has 0 radical (unpaired) electrons. The van der Waals surface area contributed by atoms with E-state index in [1.54, 1.807) is 6.07 Å². The van der Waals surface area contributed by atoms with Crippen molar-refractivity contribution in [2.45, 2.75) is 25.1 Å².